The molecule has 0 aliphatic rings. The predicted molar refractivity (Wildman–Crippen MR) is 116 cm³/mol. The van der Waals surface area contributed by atoms with Crippen LogP contribution in [0.3, 0.4) is 0 Å². The molecule has 1 N–H and O–H groups in total. The minimum absolute atomic E-state index is 0.225. The lowest BCUT2D eigenvalue weighted by Crippen LogP contribution is -2.24. The Kier molecular flexibility index (Phi) is 5.70. The van der Waals surface area contributed by atoms with Crippen molar-refractivity contribution in [1.82, 2.24) is 15.1 Å². The van der Waals surface area contributed by atoms with Crippen molar-refractivity contribution in [3.05, 3.63) is 108 Å². The van der Waals surface area contributed by atoms with Crippen molar-refractivity contribution in [2.75, 3.05) is 0 Å². The molecule has 0 unspecified atom stereocenters. The summed E-state index contributed by atoms with van der Waals surface area (Å²) in [6, 6.07) is 25.7. The number of aromatic nitrogens is 2. The Balaban J connectivity index is 1.76. The maximum atomic E-state index is 13.5. The van der Waals surface area contributed by atoms with E-state index in [2.05, 4.69) is 5.32 Å². The fraction of sp³-hybridized carbons (Fsp3) is 0.120. The predicted octanol–water partition coefficient (Wildman–Crippen LogP) is 5.17. The van der Waals surface area contributed by atoms with Crippen LogP contribution in [0.4, 0.5) is 4.39 Å². The van der Waals surface area contributed by atoms with Gasteiger partial charge in [-0.25, -0.2) is 9.07 Å². The summed E-state index contributed by atoms with van der Waals surface area (Å²) in [7, 11) is 0. The van der Waals surface area contributed by atoms with Crippen molar-refractivity contribution in [2.24, 2.45) is 0 Å². The fourth-order valence-corrected chi connectivity index (χ4v) is 3.52. The standard InChI is InChI=1S/C25H22FN3O/c1-2-22-23(25(30)27-17-18-10-9-13-20(26)16-18)24(19-11-5-3-6-12-19)28-29(22)21-14-7-4-8-15-21/h3-16H,2,17H2,1H3,(H,27,30). The third-order valence-corrected chi connectivity index (χ3v) is 4.93. The first-order valence-electron chi connectivity index (χ1n) is 9.92. The largest absolute Gasteiger partial charge is 0.348 e. The highest BCUT2D eigenvalue weighted by molar-refractivity contribution is 6.01. The molecule has 30 heavy (non-hydrogen) atoms. The van der Waals surface area contributed by atoms with E-state index in [4.69, 9.17) is 5.10 Å². The molecule has 5 heteroatoms. The van der Waals surface area contributed by atoms with Crippen LogP contribution in [0.25, 0.3) is 16.9 Å². The molecule has 1 aromatic heterocycles. The van der Waals surface area contributed by atoms with Crippen LogP contribution in [0.1, 0.15) is 28.5 Å². The molecule has 4 rings (SSSR count). The van der Waals surface area contributed by atoms with Crippen LogP contribution in [-0.2, 0) is 13.0 Å². The Morgan fingerprint density at radius 3 is 2.33 bits per heavy atom. The lowest BCUT2D eigenvalue weighted by Gasteiger charge is -2.09. The number of benzene rings is 3. The molecule has 4 aromatic rings. The van der Waals surface area contributed by atoms with E-state index < -0.39 is 0 Å². The molecule has 1 amide bonds. The number of hydrogen-bond donors (Lipinski definition) is 1. The lowest BCUT2D eigenvalue weighted by molar-refractivity contribution is 0.0950. The maximum absolute atomic E-state index is 13.5. The number of amides is 1. The second kappa shape index (κ2) is 8.74. The summed E-state index contributed by atoms with van der Waals surface area (Å²) in [5.74, 6) is -0.546. The number of halogens is 1. The normalized spacial score (nSPS) is 10.7. The Hall–Kier alpha value is -3.73. The van der Waals surface area contributed by atoms with Crippen molar-refractivity contribution < 1.29 is 9.18 Å². The highest BCUT2D eigenvalue weighted by Gasteiger charge is 2.24. The monoisotopic (exact) mass is 399 g/mol. The topological polar surface area (TPSA) is 46.9 Å². The van der Waals surface area contributed by atoms with Gasteiger partial charge in [0.25, 0.3) is 5.91 Å². The summed E-state index contributed by atoms with van der Waals surface area (Å²) in [5, 5.41) is 7.74. The highest BCUT2D eigenvalue weighted by atomic mass is 19.1. The maximum Gasteiger partial charge on any atom is 0.255 e. The van der Waals surface area contributed by atoms with E-state index in [0.29, 0.717) is 23.2 Å². The molecule has 150 valence electrons. The summed E-state index contributed by atoms with van der Waals surface area (Å²) in [5.41, 5.74) is 4.49. The Morgan fingerprint density at radius 2 is 1.67 bits per heavy atom. The molecule has 4 nitrogen and oxygen atoms in total. The average molecular weight is 399 g/mol. The highest BCUT2D eigenvalue weighted by Crippen LogP contribution is 2.28. The van der Waals surface area contributed by atoms with Gasteiger partial charge in [-0.1, -0.05) is 67.6 Å². The van der Waals surface area contributed by atoms with Gasteiger partial charge in [-0.05, 0) is 36.2 Å². The minimum Gasteiger partial charge on any atom is -0.348 e. The lowest BCUT2D eigenvalue weighted by atomic mass is 10.0. The molecule has 0 aliphatic heterocycles. The second-order valence-electron chi connectivity index (χ2n) is 6.95. The van der Waals surface area contributed by atoms with Crippen LogP contribution in [0, 0.1) is 5.82 Å². The SMILES string of the molecule is CCc1c(C(=O)NCc2cccc(F)c2)c(-c2ccccc2)nn1-c1ccccc1. The van der Waals surface area contributed by atoms with E-state index in [9.17, 15) is 9.18 Å². The van der Waals surface area contributed by atoms with Crippen LogP contribution >= 0.6 is 0 Å². The number of nitrogens with zero attached hydrogens (tertiary/aromatic N) is 2. The van der Waals surface area contributed by atoms with Crippen LogP contribution in [0.2, 0.25) is 0 Å². The molecule has 0 saturated carbocycles. The molecule has 0 atom stereocenters. The van der Waals surface area contributed by atoms with E-state index in [1.165, 1.54) is 12.1 Å². The third kappa shape index (κ3) is 4.01. The van der Waals surface area contributed by atoms with E-state index in [-0.39, 0.29) is 18.3 Å². The van der Waals surface area contributed by atoms with Crippen LogP contribution in [-0.4, -0.2) is 15.7 Å². The van der Waals surface area contributed by atoms with Crippen molar-refractivity contribution in [3.8, 4) is 16.9 Å². The number of para-hydroxylation sites is 1. The van der Waals surface area contributed by atoms with Crippen LogP contribution in [0.15, 0.2) is 84.9 Å². The van der Waals surface area contributed by atoms with Gasteiger partial charge in [0.2, 0.25) is 0 Å². The quantitative estimate of drug-likeness (QED) is 0.486. The van der Waals surface area contributed by atoms with E-state index >= 15 is 0 Å². The zero-order chi connectivity index (χ0) is 20.9. The molecule has 3 aromatic carbocycles. The summed E-state index contributed by atoms with van der Waals surface area (Å²) in [4.78, 5) is 13.3. The fourth-order valence-electron chi connectivity index (χ4n) is 3.52. The molecular weight excluding hydrogens is 377 g/mol. The molecule has 1 heterocycles. The Bertz CT molecular complexity index is 1150. The van der Waals surface area contributed by atoms with E-state index in [1.807, 2.05) is 72.3 Å². The zero-order valence-electron chi connectivity index (χ0n) is 16.7. The molecule has 0 spiro atoms. The van der Waals surface area contributed by atoms with Gasteiger partial charge in [0.15, 0.2) is 0 Å². The first-order valence-corrected chi connectivity index (χ1v) is 9.92. The Labute approximate surface area is 175 Å². The third-order valence-electron chi connectivity index (χ3n) is 4.93. The minimum atomic E-state index is -0.321. The molecule has 0 radical (unpaired) electrons. The molecule has 0 aliphatic carbocycles. The number of carbonyl (C=O) groups is 1. The second-order valence-corrected chi connectivity index (χ2v) is 6.95. The smallest absolute Gasteiger partial charge is 0.255 e. The van der Waals surface area contributed by atoms with Crippen molar-refractivity contribution in [3.63, 3.8) is 0 Å². The molecular formula is C25H22FN3O. The zero-order valence-corrected chi connectivity index (χ0v) is 16.7. The number of nitrogens with one attached hydrogen (secondary N) is 1. The van der Waals surface area contributed by atoms with Gasteiger partial charge in [-0.3, -0.25) is 4.79 Å². The Morgan fingerprint density at radius 1 is 0.967 bits per heavy atom. The molecule has 0 fully saturated rings. The van der Waals surface area contributed by atoms with Gasteiger partial charge in [0.05, 0.1) is 16.9 Å². The molecule has 0 saturated heterocycles. The van der Waals surface area contributed by atoms with Crippen LogP contribution in [0.5, 0.6) is 0 Å². The first-order chi connectivity index (χ1) is 14.7. The number of hydrogen-bond acceptors (Lipinski definition) is 2. The number of carbonyl (C=O) groups excluding carboxylic acids is 1. The first kappa shape index (κ1) is 19.6. The van der Waals surface area contributed by atoms with Gasteiger partial charge in [-0.2, -0.15) is 5.10 Å². The van der Waals surface area contributed by atoms with Gasteiger partial charge in [0.1, 0.15) is 11.5 Å². The van der Waals surface area contributed by atoms with E-state index in [0.717, 1.165) is 16.9 Å². The van der Waals surface area contributed by atoms with Crippen molar-refractivity contribution in [2.45, 2.75) is 19.9 Å². The van der Waals surface area contributed by atoms with Crippen molar-refractivity contribution >= 4 is 5.91 Å². The van der Waals surface area contributed by atoms with Crippen molar-refractivity contribution in [1.29, 1.82) is 0 Å². The molecule has 0 bridgehead atoms. The summed E-state index contributed by atoms with van der Waals surface area (Å²) in [6.07, 6.45) is 0.636. The summed E-state index contributed by atoms with van der Waals surface area (Å²) >= 11 is 0. The van der Waals surface area contributed by atoms with Gasteiger partial charge in [0, 0.05) is 12.1 Å². The average Bonchev–Trinajstić information content (AvgIpc) is 3.18. The van der Waals surface area contributed by atoms with E-state index in [1.54, 1.807) is 12.1 Å². The van der Waals surface area contributed by atoms with Crippen LogP contribution < -0.4 is 5.32 Å². The summed E-state index contributed by atoms with van der Waals surface area (Å²) < 4.78 is 15.3. The van der Waals surface area contributed by atoms with Gasteiger partial charge in [-0.15, -0.1) is 0 Å². The summed E-state index contributed by atoms with van der Waals surface area (Å²) in [6.45, 7) is 2.25. The van der Waals surface area contributed by atoms with Gasteiger partial charge < -0.3 is 5.32 Å². The number of rotatable bonds is 6. The van der Waals surface area contributed by atoms with Gasteiger partial charge >= 0.3 is 0 Å².